The molecule has 1 unspecified atom stereocenters. The summed E-state index contributed by atoms with van der Waals surface area (Å²) in [7, 11) is 0. The molecule has 0 bridgehead atoms. The van der Waals surface area contributed by atoms with E-state index >= 15 is 0 Å². The first-order valence-electron chi connectivity index (χ1n) is 5.21. The van der Waals surface area contributed by atoms with Gasteiger partial charge in [0.05, 0.1) is 6.04 Å². The third-order valence-electron chi connectivity index (χ3n) is 2.56. The van der Waals surface area contributed by atoms with E-state index in [0.29, 0.717) is 5.82 Å². The second-order valence-corrected chi connectivity index (χ2v) is 4.81. The Hall–Kier alpha value is -0.560. The molecular weight excluding hydrogens is 284 g/mol. The molecule has 0 aliphatic carbocycles. The molecule has 90 valence electrons. The number of nitrogens with one attached hydrogen (secondary N) is 1. The van der Waals surface area contributed by atoms with Gasteiger partial charge in [-0.3, -0.25) is 0 Å². The van der Waals surface area contributed by atoms with Crippen LogP contribution in [0.15, 0.2) is 4.52 Å². The molecule has 1 saturated heterocycles. The van der Waals surface area contributed by atoms with E-state index in [1.165, 1.54) is 0 Å². The fraction of sp³-hybridized carbons (Fsp3) is 0.778. The lowest BCUT2D eigenvalue weighted by molar-refractivity contribution is 0.0725. The van der Waals surface area contributed by atoms with Gasteiger partial charge in [-0.25, -0.2) is 0 Å². The first kappa shape index (κ1) is 11.9. The minimum absolute atomic E-state index is 0.0742. The number of aromatic nitrogens is 2. The van der Waals surface area contributed by atoms with Crippen LogP contribution in [0.25, 0.3) is 0 Å². The number of rotatable bonds is 2. The average Bonchev–Trinajstić information content (AvgIpc) is 2.55. The zero-order valence-corrected chi connectivity index (χ0v) is 10.1. The Morgan fingerprint density at radius 3 is 2.88 bits per heavy atom. The van der Waals surface area contributed by atoms with E-state index in [9.17, 15) is 8.78 Å². The van der Waals surface area contributed by atoms with E-state index in [1.807, 2.05) is 0 Å². The second kappa shape index (κ2) is 4.75. The van der Waals surface area contributed by atoms with E-state index in [-0.39, 0.29) is 6.04 Å². The van der Waals surface area contributed by atoms with Crippen molar-refractivity contribution in [1.29, 1.82) is 0 Å². The lowest BCUT2D eigenvalue weighted by atomic mass is 10.1. The molecule has 1 N–H and O–H groups in total. The fourth-order valence-electron chi connectivity index (χ4n) is 1.74. The molecule has 0 amide bonds. The quantitative estimate of drug-likeness (QED) is 0.853. The summed E-state index contributed by atoms with van der Waals surface area (Å²) in [5, 5.41) is 6.81. The minimum Gasteiger partial charge on any atom is -0.331 e. The van der Waals surface area contributed by atoms with Gasteiger partial charge in [-0.15, -0.1) is 0 Å². The summed E-state index contributed by atoms with van der Waals surface area (Å²) in [5.41, 5.74) is 0. The zero-order valence-electron chi connectivity index (χ0n) is 8.55. The normalized spacial score (nSPS) is 23.1. The predicted octanol–water partition coefficient (Wildman–Crippen LogP) is 2.72. The van der Waals surface area contributed by atoms with Gasteiger partial charge in [-0.2, -0.15) is 13.8 Å². The Bertz CT molecular complexity index is 345. The lowest BCUT2D eigenvalue weighted by Gasteiger charge is -2.10. The predicted molar refractivity (Wildman–Crippen MR) is 56.3 cm³/mol. The molecule has 0 aromatic carbocycles. The van der Waals surface area contributed by atoms with Crippen molar-refractivity contribution in [2.45, 2.75) is 36.6 Å². The van der Waals surface area contributed by atoms with E-state index in [0.717, 1.165) is 32.2 Å². The highest BCUT2D eigenvalue weighted by molar-refractivity contribution is 9.09. The summed E-state index contributed by atoms with van der Waals surface area (Å²) in [4.78, 5) is 0.463. The van der Waals surface area contributed by atoms with Crippen molar-refractivity contribution in [3.63, 3.8) is 0 Å². The van der Waals surface area contributed by atoms with Gasteiger partial charge >= 0.3 is 10.7 Å². The Morgan fingerprint density at radius 1 is 1.38 bits per heavy atom. The van der Waals surface area contributed by atoms with Crippen molar-refractivity contribution >= 4 is 15.9 Å². The van der Waals surface area contributed by atoms with Gasteiger partial charge in [0.2, 0.25) is 0 Å². The molecular formula is C9H12BrF2N3O. The van der Waals surface area contributed by atoms with E-state index < -0.39 is 10.7 Å². The number of halogens is 3. The highest BCUT2D eigenvalue weighted by atomic mass is 79.9. The van der Waals surface area contributed by atoms with Crippen LogP contribution < -0.4 is 5.32 Å². The summed E-state index contributed by atoms with van der Waals surface area (Å²) in [6.45, 7) is 0.860. The van der Waals surface area contributed by atoms with Gasteiger partial charge in [0.1, 0.15) is 0 Å². The molecule has 16 heavy (non-hydrogen) atoms. The van der Waals surface area contributed by atoms with Gasteiger partial charge in [0, 0.05) is 15.9 Å². The summed E-state index contributed by atoms with van der Waals surface area (Å²) < 4.78 is 30.2. The summed E-state index contributed by atoms with van der Waals surface area (Å²) in [5.74, 6) is -0.371. The van der Waals surface area contributed by atoms with Crippen LogP contribution >= 0.6 is 15.9 Å². The van der Waals surface area contributed by atoms with Crippen molar-refractivity contribution in [3.05, 3.63) is 11.7 Å². The molecule has 1 aliphatic heterocycles. The maximum Gasteiger partial charge on any atom is 0.378 e. The maximum atomic E-state index is 12.8. The number of nitrogens with zero attached hydrogens (tertiary/aromatic N) is 2. The molecule has 0 spiro atoms. The average molecular weight is 296 g/mol. The number of hydrogen-bond donors (Lipinski definition) is 1. The largest absolute Gasteiger partial charge is 0.378 e. The molecule has 1 fully saturated rings. The van der Waals surface area contributed by atoms with Gasteiger partial charge < -0.3 is 9.84 Å². The minimum atomic E-state index is -3.25. The van der Waals surface area contributed by atoms with Crippen LogP contribution in [-0.2, 0) is 4.83 Å². The Labute approximate surface area is 99.9 Å². The summed E-state index contributed by atoms with van der Waals surface area (Å²) in [6, 6.07) is -0.0742. The fourth-order valence-corrected chi connectivity index (χ4v) is 1.90. The molecule has 2 heterocycles. The monoisotopic (exact) mass is 295 g/mol. The van der Waals surface area contributed by atoms with E-state index in [1.54, 1.807) is 0 Å². The highest BCUT2D eigenvalue weighted by Crippen LogP contribution is 2.34. The number of hydrogen-bond acceptors (Lipinski definition) is 4. The molecule has 1 aromatic rings. The molecule has 0 radical (unpaired) electrons. The molecule has 1 aromatic heterocycles. The summed E-state index contributed by atoms with van der Waals surface area (Å²) in [6.07, 6.45) is 4.14. The van der Waals surface area contributed by atoms with Crippen molar-refractivity contribution in [2.75, 3.05) is 6.54 Å². The van der Waals surface area contributed by atoms with Gasteiger partial charge in [-0.1, -0.05) is 18.0 Å². The van der Waals surface area contributed by atoms with Crippen LogP contribution in [0, 0.1) is 0 Å². The van der Waals surface area contributed by atoms with Crippen molar-refractivity contribution < 1.29 is 13.3 Å². The molecule has 7 heteroatoms. The highest BCUT2D eigenvalue weighted by Gasteiger charge is 2.35. The second-order valence-electron chi connectivity index (χ2n) is 3.81. The third kappa shape index (κ3) is 2.76. The Balaban J connectivity index is 2.11. The molecule has 1 aliphatic rings. The molecule has 0 saturated carbocycles. The lowest BCUT2D eigenvalue weighted by Crippen LogP contribution is -2.21. The maximum absolute atomic E-state index is 12.8. The smallest absolute Gasteiger partial charge is 0.331 e. The van der Waals surface area contributed by atoms with Crippen LogP contribution in [0.2, 0.25) is 0 Å². The van der Waals surface area contributed by atoms with Crippen molar-refractivity contribution in [2.24, 2.45) is 0 Å². The first-order valence-corrected chi connectivity index (χ1v) is 6.01. The van der Waals surface area contributed by atoms with Gasteiger partial charge in [0.15, 0.2) is 5.82 Å². The molecule has 2 rings (SSSR count). The SMILES string of the molecule is FC(F)(Br)c1nc(C2CCCCCN2)no1. The van der Waals surface area contributed by atoms with Crippen LogP contribution in [0.3, 0.4) is 0 Å². The standard InChI is InChI=1S/C9H12BrF2N3O/c10-9(11,12)8-14-7(15-16-8)6-4-2-1-3-5-13-6/h6,13H,1-5H2. The van der Waals surface area contributed by atoms with Crippen molar-refractivity contribution in [1.82, 2.24) is 15.5 Å². The van der Waals surface area contributed by atoms with Crippen LogP contribution in [0.4, 0.5) is 8.78 Å². The topological polar surface area (TPSA) is 51.0 Å². The van der Waals surface area contributed by atoms with Gasteiger partial charge in [-0.05, 0) is 19.4 Å². The summed E-state index contributed by atoms with van der Waals surface area (Å²) >= 11 is 2.19. The number of alkyl halides is 3. The molecule has 1 atom stereocenters. The zero-order chi connectivity index (χ0) is 11.6. The van der Waals surface area contributed by atoms with E-state index in [2.05, 4.69) is 35.9 Å². The van der Waals surface area contributed by atoms with E-state index in [4.69, 9.17) is 0 Å². The van der Waals surface area contributed by atoms with Crippen LogP contribution in [-0.4, -0.2) is 16.7 Å². The van der Waals surface area contributed by atoms with Gasteiger partial charge in [0.25, 0.3) is 0 Å². The Morgan fingerprint density at radius 2 is 2.19 bits per heavy atom. The van der Waals surface area contributed by atoms with Crippen molar-refractivity contribution in [3.8, 4) is 0 Å². The first-order chi connectivity index (χ1) is 7.57. The van der Waals surface area contributed by atoms with Crippen LogP contribution in [0.5, 0.6) is 0 Å². The Kier molecular flexibility index (Phi) is 3.53. The third-order valence-corrected chi connectivity index (χ3v) is 2.90. The van der Waals surface area contributed by atoms with Crippen LogP contribution in [0.1, 0.15) is 43.4 Å². The molecule has 4 nitrogen and oxygen atoms in total.